The van der Waals surface area contributed by atoms with Crippen LogP contribution in [-0.4, -0.2) is 23.9 Å². The summed E-state index contributed by atoms with van der Waals surface area (Å²) in [6, 6.07) is 0. The third-order valence-electron chi connectivity index (χ3n) is 2.13. The molecule has 0 atom stereocenters. The minimum Gasteiger partial charge on any atom is -0.466 e. The number of ether oxygens (including phenoxy) is 2. The molecule has 1 heterocycles. The molecule has 0 aromatic carbocycles. The normalized spacial score (nSPS) is 11.3. The number of rotatable bonds is 5. The summed E-state index contributed by atoms with van der Waals surface area (Å²) >= 11 is 5.06. The van der Waals surface area contributed by atoms with Gasteiger partial charge in [-0.15, -0.1) is 13.2 Å². The number of carbonyl (C=O) groups is 1. The maximum atomic E-state index is 12.3. The van der Waals surface area contributed by atoms with Crippen molar-refractivity contribution in [2.75, 3.05) is 6.61 Å². The van der Waals surface area contributed by atoms with Crippen molar-refractivity contribution in [2.24, 2.45) is 0 Å². The molecular weight excluding hydrogens is 458 g/mol. The molecule has 1 aromatic rings. The van der Waals surface area contributed by atoms with Gasteiger partial charge in [0, 0.05) is 20.7 Å². The highest BCUT2D eigenvalue weighted by Gasteiger charge is 2.34. The Labute approximate surface area is 135 Å². The van der Waals surface area contributed by atoms with E-state index in [0.717, 1.165) is 0 Å². The second-order valence-corrected chi connectivity index (χ2v) is 5.18. The zero-order valence-corrected chi connectivity index (χ0v) is 14.0. The number of halogens is 5. The lowest BCUT2D eigenvalue weighted by Crippen LogP contribution is -2.21. The monoisotopic (exact) mass is 467 g/mol. The SMILES string of the molecule is CCOC(=O)Cc1c(OC(F)(F)F)ncc(CBr)c1I. The molecule has 20 heavy (non-hydrogen) atoms. The standard InChI is InChI=1S/C11H10BrF3INO3/c1-2-19-8(18)3-7-9(16)6(4-12)5-17-10(7)20-11(13,14)15/h5H,2-4H2,1H3. The van der Waals surface area contributed by atoms with Crippen LogP contribution in [0.4, 0.5) is 13.2 Å². The summed E-state index contributed by atoms with van der Waals surface area (Å²) in [6.07, 6.45) is -3.92. The first-order valence-electron chi connectivity index (χ1n) is 5.42. The highest BCUT2D eigenvalue weighted by Crippen LogP contribution is 2.30. The van der Waals surface area contributed by atoms with Crippen molar-refractivity contribution in [3.8, 4) is 5.88 Å². The fourth-order valence-corrected chi connectivity index (χ4v) is 3.06. The van der Waals surface area contributed by atoms with E-state index in [4.69, 9.17) is 4.74 Å². The predicted octanol–water partition coefficient (Wildman–Crippen LogP) is 3.59. The summed E-state index contributed by atoms with van der Waals surface area (Å²) in [5.74, 6) is -1.26. The first kappa shape index (κ1) is 17.5. The molecule has 4 nitrogen and oxygen atoms in total. The van der Waals surface area contributed by atoms with E-state index in [1.807, 2.05) is 22.6 Å². The van der Waals surface area contributed by atoms with Crippen LogP contribution in [0.1, 0.15) is 18.1 Å². The van der Waals surface area contributed by atoms with Gasteiger partial charge in [0.05, 0.1) is 13.0 Å². The number of carbonyl (C=O) groups excluding carboxylic acids is 1. The summed E-state index contributed by atoms with van der Waals surface area (Å²) in [5, 5.41) is 0.403. The zero-order valence-electron chi connectivity index (χ0n) is 10.3. The molecule has 0 bridgehead atoms. The van der Waals surface area contributed by atoms with Gasteiger partial charge in [0.25, 0.3) is 0 Å². The molecule has 0 fully saturated rings. The summed E-state index contributed by atoms with van der Waals surface area (Å²) in [4.78, 5) is 15.1. The zero-order chi connectivity index (χ0) is 15.3. The fraction of sp³-hybridized carbons (Fsp3) is 0.455. The number of hydrogen-bond acceptors (Lipinski definition) is 4. The second-order valence-electron chi connectivity index (χ2n) is 3.54. The van der Waals surface area contributed by atoms with Crippen LogP contribution in [0.15, 0.2) is 6.20 Å². The molecule has 0 saturated carbocycles. The number of aromatic nitrogens is 1. The molecule has 0 saturated heterocycles. The smallest absolute Gasteiger partial charge is 0.466 e. The van der Waals surface area contributed by atoms with E-state index >= 15 is 0 Å². The Bertz CT molecular complexity index is 497. The Morgan fingerprint density at radius 3 is 2.65 bits per heavy atom. The number of hydrogen-bond donors (Lipinski definition) is 0. The van der Waals surface area contributed by atoms with Crippen molar-refractivity contribution >= 4 is 44.5 Å². The lowest BCUT2D eigenvalue weighted by Gasteiger charge is -2.14. The molecule has 0 amide bonds. The quantitative estimate of drug-likeness (QED) is 0.377. The van der Waals surface area contributed by atoms with Gasteiger partial charge in [-0.3, -0.25) is 4.79 Å². The van der Waals surface area contributed by atoms with Crippen LogP contribution < -0.4 is 4.74 Å². The Kier molecular flexibility index (Phi) is 6.49. The molecule has 0 N–H and O–H groups in total. The molecule has 0 aliphatic carbocycles. The van der Waals surface area contributed by atoms with E-state index in [9.17, 15) is 18.0 Å². The van der Waals surface area contributed by atoms with E-state index in [2.05, 4.69) is 25.7 Å². The Morgan fingerprint density at radius 1 is 1.50 bits per heavy atom. The van der Waals surface area contributed by atoms with Gasteiger partial charge in [0.2, 0.25) is 5.88 Å². The minimum atomic E-state index is -4.87. The van der Waals surface area contributed by atoms with Crippen LogP contribution in [0.25, 0.3) is 0 Å². The van der Waals surface area contributed by atoms with E-state index < -0.39 is 18.2 Å². The second kappa shape index (κ2) is 7.43. The predicted molar refractivity (Wildman–Crippen MR) is 76.6 cm³/mol. The van der Waals surface area contributed by atoms with Crippen molar-refractivity contribution in [3.63, 3.8) is 0 Å². The molecule has 0 unspecified atom stereocenters. The van der Waals surface area contributed by atoms with Gasteiger partial charge in [-0.1, -0.05) is 15.9 Å². The molecule has 0 radical (unpaired) electrons. The fourth-order valence-electron chi connectivity index (χ4n) is 1.36. The van der Waals surface area contributed by atoms with Gasteiger partial charge in [-0.25, -0.2) is 4.98 Å². The van der Waals surface area contributed by atoms with Crippen molar-refractivity contribution < 1.29 is 27.4 Å². The number of esters is 1. The lowest BCUT2D eigenvalue weighted by atomic mass is 10.1. The number of nitrogens with zero attached hydrogens (tertiary/aromatic N) is 1. The molecule has 112 valence electrons. The van der Waals surface area contributed by atoms with Gasteiger partial charge in [0.1, 0.15) is 0 Å². The first-order chi connectivity index (χ1) is 9.28. The molecule has 1 aromatic heterocycles. The van der Waals surface area contributed by atoms with Gasteiger partial charge >= 0.3 is 12.3 Å². The van der Waals surface area contributed by atoms with Crippen LogP contribution >= 0.6 is 38.5 Å². The molecule has 0 aliphatic rings. The van der Waals surface area contributed by atoms with E-state index in [1.54, 1.807) is 6.92 Å². The Balaban J connectivity index is 3.16. The maximum Gasteiger partial charge on any atom is 0.574 e. The third kappa shape index (κ3) is 5.08. The highest BCUT2D eigenvalue weighted by molar-refractivity contribution is 14.1. The summed E-state index contributed by atoms with van der Waals surface area (Å²) in [6.45, 7) is 1.76. The summed E-state index contributed by atoms with van der Waals surface area (Å²) in [5.41, 5.74) is 0.734. The van der Waals surface area contributed by atoms with Gasteiger partial charge < -0.3 is 9.47 Å². The molecule has 1 rings (SSSR count). The van der Waals surface area contributed by atoms with E-state index in [0.29, 0.717) is 14.5 Å². The van der Waals surface area contributed by atoms with Crippen LogP contribution in [0.3, 0.4) is 0 Å². The molecule has 9 heteroatoms. The van der Waals surface area contributed by atoms with E-state index in [-0.39, 0.29) is 18.6 Å². The third-order valence-corrected chi connectivity index (χ3v) is 4.07. The molecular formula is C11H10BrF3INO3. The van der Waals surface area contributed by atoms with Crippen molar-refractivity contribution in [1.82, 2.24) is 4.98 Å². The maximum absolute atomic E-state index is 12.3. The Morgan fingerprint density at radius 2 is 2.15 bits per heavy atom. The van der Waals surface area contributed by atoms with Gasteiger partial charge in [0.15, 0.2) is 0 Å². The highest BCUT2D eigenvalue weighted by atomic mass is 127. The van der Waals surface area contributed by atoms with Crippen LogP contribution in [0.2, 0.25) is 0 Å². The van der Waals surface area contributed by atoms with Crippen LogP contribution in [-0.2, 0) is 21.3 Å². The molecule has 0 aliphatic heterocycles. The number of pyridine rings is 1. The topological polar surface area (TPSA) is 48.4 Å². The van der Waals surface area contributed by atoms with Crippen molar-refractivity contribution in [1.29, 1.82) is 0 Å². The van der Waals surface area contributed by atoms with Crippen LogP contribution in [0, 0.1) is 3.57 Å². The summed E-state index contributed by atoms with van der Waals surface area (Å²) < 4.78 is 46.1. The lowest BCUT2D eigenvalue weighted by molar-refractivity contribution is -0.276. The minimum absolute atomic E-state index is 0.0679. The average molecular weight is 468 g/mol. The van der Waals surface area contributed by atoms with Crippen LogP contribution in [0.5, 0.6) is 5.88 Å². The average Bonchev–Trinajstić information content (AvgIpc) is 2.32. The Hall–Kier alpha value is -0.580. The van der Waals surface area contributed by atoms with Crippen molar-refractivity contribution in [3.05, 3.63) is 20.9 Å². The van der Waals surface area contributed by atoms with E-state index in [1.165, 1.54) is 6.20 Å². The van der Waals surface area contributed by atoms with Gasteiger partial charge in [-0.2, -0.15) is 0 Å². The number of alkyl halides is 4. The van der Waals surface area contributed by atoms with Gasteiger partial charge in [-0.05, 0) is 35.1 Å². The summed E-state index contributed by atoms with van der Waals surface area (Å²) in [7, 11) is 0. The first-order valence-corrected chi connectivity index (χ1v) is 7.62. The largest absolute Gasteiger partial charge is 0.574 e. The molecule has 0 spiro atoms. The van der Waals surface area contributed by atoms with Crippen molar-refractivity contribution in [2.45, 2.75) is 25.0 Å².